The molecule has 0 N–H and O–H groups in total. The van der Waals surface area contributed by atoms with Crippen molar-refractivity contribution in [3.05, 3.63) is 76.4 Å². The lowest BCUT2D eigenvalue weighted by Crippen LogP contribution is -2.37. The molecule has 2 aromatic rings. The standard InChI is InChI=1S/C18H10O3/c19-16-12-7-3-4-8-13(12)18(21)15-14(16)9-10-5-1-2-6-11(10)17(15)20/h1-9,15H. The van der Waals surface area contributed by atoms with Gasteiger partial charge in [-0.25, -0.2) is 0 Å². The molecule has 0 saturated carbocycles. The zero-order valence-corrected chi connectivity index (χ0v) is 11.0. The molecule has 3 nitrogen and oxygen atoms in total. The first-order valence-electron chi connectivity index (χ1n) is 6.71. The van der Waals surface area contributed by atoms with Gasteiger partial charge in [0.15, 0.2) is 17.3 Å². The fourth-order valence-corrected chi connectivity index (χ4v) is 3.06. The van der Waals surface area contributed by atoms with Crippen molar-refractivity contribution in [2.24, 2.45) is 5.92 Å². The summed E-state index contributed by atoms with van der Waals surface area (Å²) in [5.41, 5.74) is 2.23. The van der Waals surface area contributed by atoms with Gasteiger partial charge < -0.3 is 0 Å². The molecule has 0 heterocycles. The van der Waals surface area contributed by atoms with E-state index < -0.39 is 5.92 Å². The van der Waals surface area contributed by atoms with Gasteiger partial charge in [-0.05, 0) is 11.6 Å². The summed E-state index contributed by atoms with van der Waals surface area (Å²) in [4.78, 5) is 37.8. The summed E-state index contributed by atoms with van der Waals surface area (Å²) in [6.07, 6.45) is 1.68. The van der Waals surface area contributed by atoms with Crippen molar-refractivity contribution >= 4 is 23.4 Å². The van der Waals surface area contributed by atoms with Crippen molar-refractivity contribution in [3.8, 4) is 0 Å². The van der Waals surface area contributed by atoms with E-state index in [0.717, 1.165) is 0 Å². The number of hydrogen-bond donors (Lipinski definition) is 0. The van der Waals surface area contributed by atoms with Gasteiger partial charge in [-0.3, -0.25) is 14.4 Å². The molecule has 1 atom stereocenters. The third kappa shape index (κ3) is 1.51. The Hall–Kier alpha value is -2.81. The number of hydrogen-bond acceptors (Lipinski definition) is 3. The smallest absolute Gasteiger partial charge is 0.190 e. The fourth-order valence-electron chi connectivity index (χ4n) is 3.06. The van der Waals surface area contributed by atoms with Crippen LogP contribution in [0.2, 0.25) is 0 Å². The predicted molar refractivity (Wildman–Crippen MR) is 77.3 cm³/mol. The highest BCUT2D eigenvalue weighted by molar-refractivity contribution is 6.34. The Labute approximate surface area is 120 Å². The van der Waals surface area contributed by atoms with Crippen LogP contribution in [-0.2, 0) is 0 Å². The van der Waals surface area contributed by atoms with Crippen LogP contribution < -0.4 is 0 Å². The van der Waals surface area contributed by atoms with E-state index in [4.69, 9.17) is 0 Å². The summed E-state index contributed by atoms with van der Waals surface area (Å²) < 4.78 is 0. The number of ketones is 3. The highest BCUT2D eigenvalue weighted by atomic mass is 16.2. The lowest BCUT2D eigenvalue weighted by atomic mass is 9.71. The van der Waals surface area contributed by atoms with Gasteiger partial charge in [0.25, 0.3) is 0 Å². The lowest BCUT2D eigenvalue weighted by molar-refractivity contribution is 0.0794. The van der Waals surface area contributed by atoms with Gasteiger partial charge in [-0.15, -0.1) is 0 Å². The third-order valence-electron chi connectivity index (χ3n) is 4.07. The Balaban J connectivity index is 2.01. The third-order valence-corrected chi connectivity index (χ3v) is 4.07. The van der Waals surface area contributed by atoms with Crippen LogP contribution in [-0.4, -0.2) is 17.3 Å². The van der Waals surface area contributed by atoms with Crippen LogP contribution in [0, 0.1) is 5.92 Å². The minimum absolute atomic E-state index is 0.224. The molecule has 4 rings (SSSR count). The number of allylic oxidation sites excluding steroid dienone is 1. The van der Waals surface area contributed by atoms with Crippen LogP contribution in [0.25, 0.3) is 6.08 Å². The van der Waals surface area contributed by atoms with E-state index in [1.807, 2.05) is 6.07 Å². The minimum Gasteiger partial charge on any atom is -0.293 e. The number of Topliss-reactive ketones (excluding diaryl/α,β-unsaturated/α-hetero) is 3. The number of carbonyl (C=O) groups is 3. The van der Waals surface area contributed by atoms with Crippen molar-refractivity contribution in [2.75, 3.05) is 0 Å². The van der Waals surface area contributed by atoms with E-state index in [1.165, 1.54) is 0 Å². The Morgan fingerprint density at radius 2 is 1.24 bits per heavy atom. The van der Waals surface area contributed by atoms with Crippen LogP contribution in [0.3, 0.4) is 0 Å². The van der Waals surface area contributed by atoms with E-state index in [0.29, 0.717) is 27.8 Å². The Morgan fingerprint density at radius 3 is 2.00 bits per heavy atom. The van der Waals surface area contributed by atoms with E-state index in [9.17, 15) is 14.4 Å². The van der Waals surface area contributed by atoms with E-state index in [1.54, 1.807) is 48.5 Å². The van der Waals surface area contributed by atoms with Gasteiger partial charge in [0, 0.05) is 22.3 Å². The van der Waals surface area contributed by atoms with Crippen molar-refractivity contribution < 1.29 is 14.4 Å². The molecule has 2 aromatic carbocycles. The molecule has 0 aliphatic heterocycles. The average Bonchev–Trinajstić information content (AvgIpc) is 2.52. The molecular formula is C18H10O3. The molecule has 0 radical (unpaired) electrons. The number of fused-ring (bicyclic) bond motifs is 3. The maximum absolute atomic E-state index is 12.6. The molecule has 1 unspecified atom stereocenters. The SMILES string of the molecule is O=C1C2=Cc3ccccc3C(=O)C2C(=O)c2ccccc21. The summed E-state index contributed by atoms with van der Waals surface area (Å²) in [6.45, 7) is 0. The van der Waals surface area contributed by atoms with Gasteiger partial charge in [0.05, 0.1) is 0 Å². The van der Waals surface area contributed by atoms with Gasteiger partial charge in [-0.2, -0.15) is 0 Å². The predicted octanol–water partition coefficient (Wildman–Crippen LogP) is 2.96. The zero-order valence-electron chi connectivity index (χ0n) is 11.0. The number of rotatable bonds is 0. The maximum Gasteiger partial charge on any atom is 0.190 e. The first-order chi connectivity index (χ1) is 10.2. The molecule has 0 fully saturated rings. The second kappa shape index (κ2) is 4.09. The molecule has 3 heteroatoms. The average molecular weight is 274 g/mol. The van der Waals surface area contributed by atoms with E-state index >= 15 is 0 Å². The molecule has 0 spiro atoms. The summed E-state index contributed by atoms with van der Waals surface area (Å²) in [5, 5.41) is 0. The summed E-state index contributed by atoms with van der Waals surface area (Å²) in [7, 11) is 0. The van der Waals surface area contributed by atoms with Crippen LogP contribution >= 0.6 is 0 Å². The molecule has 21 heavy (non-hydrogen) atoms. The van der Waals surface area contributed by atoms with Crippen molar-refractivity contribution in [1.82, 2.24) is 0 Å². The molecule has 100 valence electrons. The summed E-state index contributed by atoms with van der Waals surface area (Å²) in [6, 6.07) is 13.7. The quantitative estimate of drug-likeness (QED) is 0.694. The first-order valence-corrected chi connectivity index (χ1v) is 6.71. The number of benzene rings is 2. The topological polar surface area (TPSA) is 51.2 Å². The van der Waals surface area contributed by atoms with Crippen molar-refractivity contribution in [1.29, 1.82) is 0 Å². The Kier molecular flexibility index (Phi) is 2.33. The largest absolute Gasteiger partial charge is 0.293 e. The molecule has 0 bridgehead atoms. The number of carbonyl (C=O) groups excluding carboxylic acids is 3. The van der Waals surface area contributed by atoms with Crippen LogP contribution in [0.5, 0.6) is 0 Å². The first kappa shape index (κ1) is 12.0. The van der Waals surface area contributed by atoms with Crippen molar-refractivity contribution in [3.63, 3.8) is 0 Å². The molecule has 0 saturated heterocycles. The highest BCUT2D eigenvalue weighted by Gasteiger charge is 2.43. The van der Waals surface area contributed by atoms with Gasteiger partial charge in [0.1, 0.15) is 5.92 Å². The van der Waals surface area contributed by atoms with Gasteiger partial charge in [0.2, 0.25) is 0 Å². The zero-order chi connectivity index (χ0) is 14.6. The highest BCUT2D eigenvalue weighted by Crippen LogP contribution is 2.37. The monoisotopic (exact) mass is 274 g/mol. The van der Waals surface area contributed by atoms with Crippen LogP contribution in [0.15, 0.2) is 54.1 Å². The molecule has 2 aliphatic carbocycles. The minimum atomic E-state index is -0.984. The Bertz CT molecular complexity index is 858. The Morgan fingerprint density at radius 1 is 0.667 bits per heavy atom. The van der Waals surface area contributed by atoms with Gasteiger partial charge in [-0.1, -0.05) is 48.5 Å². The van der Waals surface area contributed by atoms with E-state index in [-0.39, 0.29) is 17.3 Å². The normalized spacial score (nSPS) is 19.5. The van der Waals surface area contributed by atoms with E-state index in [2.05, 4.69) is 0 Å². The fraction of sp³-hybridized carbons (Fsp3) is 0.0556. The summed E-state index contributed by atoms with van der Waals surface area (Å²) >= 11 is 0. The molecule has 0 aromatic heterocycles. The molecule has 0 amide bonds. The second-order valence-electron chi connectivity index (χ2n) is 5.22. The second-order valence-corrected chi connectivity index (χ2v) is 5.22. The summed E-state index contributed by atoms with van der Waals surface area (Å²) in [5.74, 6) is -1.77. The maximum atomic E-state index is 12.6. The molecule has 2 aliphatic rings. The van der Waals surface area contributed by atoms with Gasteiger partial charge >= 0.3 is 0 Å². The van der Waals surface area contributed by atoms with Crippen LogP contribution in [0.4, 0.5) is 0 Å². The molecular weight excluding hydrogens is 264 g/mol. The van der Waals surface area contributed by atoms with Crippen molar-refractivity contribution in [2.45, 2.75) is 0 Å². The van der Waals surface area contributed by atoms with Crippen LogP contribution in [0.1, 0.15) is 36.6 Å². The lowest BCUT2D eigenvalue weighted by Gasteiger charge is -2.28.